The van der Waals surface area contributed by atoms with E-state index in [1.54, 1.807) is 0 Å². The fourth-order valence-corrected chi connectivity index (χ4v) is 2.90. The SMILES string of the molecule is CCCCCCNC(=O)CCCCCn1cc(CCCCCC)nn1. The first-order valence-electron chi connectivity index (χ1n) is 10.4. The van der Waals surface area contributed by atoms with Crippen LogP contribution in [-0.2, 0) is 17.8 Å². The van der Waals surface area contributed by atoms with Crippen LogP contribution in [0.2, 0.25) is 0 Å². The predicted octanol–water partition coefficient (Wildman–Crippen LogP) is 4.66. The zero-order valence-corrected chi connectivity index (χ0v) is 16.4. The molecule has 1 amide bonds. The number of hydrogen-bond donors (Lipinski definition) is 1. The smallest absolute Gasteiger partial charge is 0.219 e. The summed E-state index contributed by atoms with van der Waals surface area (Å²) in [6.07, 6.45) is 16.7. The molecule has 0 radical (unpaired) electrons. The predicted molar refractivity (Wildman–Crippen MR) is 103 cm³/mol. The van der Waals surface area contributed by atoms with Gasteiger partial charge in [0.05, 0.1) is 5.69 Å². The fourth-order valence-electron chi connectivity index (χ4n) is 2.90. The average Bonchev–Trinajstić information content (AvgIpc) is 3.06. The summed E-state index contributed by atoms with van der Waals surface area (Å²) in [5.74, 6) is 0.201. The van der Waals surface area contributed by atoms with Crippen LogP contribution in [0.15, 0.2) is 6.20 Å². The molecule has 5 heteroatoms. The highest BCUT2D eigenvalue weighted by molar-refractivity contribution is 5.75. The summed E-state index contributed by atoms with van der Waals surface area (Å²) < 4.78 is 1.95. The van der Waals surface area contributed by atoms with E-state index in [0.29, 0.717) is 6.42 Å². The standard InChI is InChI=1S/C20H38N4O/c1-3-5-7-10-14-19-18-24(23-22-19)17-13-9-11-15-20(25)21-16-12-8-6-4-2/h18H,3-17H2,1-2H3,(H,21,25). The summed E-state index contributed by atoms with van der Waals surface area (Å²) in [6.45, 7) is 6.17. The van der Waals surface area contributed by atoms with Gasteiger partial charge < -0.3 is 5.32 Å². The van der Waals surface area contributed by atoms with E-state index in [1.165, 1.54) is 44.9 Å². The summed E-state index contributed by atoms with van der Waals surface area (Å²) >= 11 is 0. The average molecular weight is 351 g/mol. The lowest BCUT2D eigenvalue weighted by Crippen LogP contribution is -2.23. The molecule has 144 valence electrons. The maximum absolute atomic E-state index is 11.7. The Labute approximate surface area is 154 Å². The second kappa shape index (κ2) is 14.9. The third kappa shape index (κ3) is 11.7. The van der Waals surface area contributed by atoms with Gasteiger partial charge in [0.2, 0.25) is 5.91 Å². The molecule has 1 aromatic heterocycles. The van der Waals surface area contributed by atoms with Gasteiger partial charge in [-0.2, -0.15) is 0 Å². The largest absolute Gasteiger partial charge is 0.356 e. The van der Waals surface area contributed by atoms with Crippen LogP contribution in [0.1, 0.15) is 96.6 Å². The minimum Gasteiger partial charge on any atom is -0.356 e. The second-order valence-corrected chi connectivity index (χ2v) is 7.00. The van der Waals surface area contributed by atoms with E-state index in [9.17, 15) is 4.79 Å². The lowest BCUT2D eigenvalue weighted by atomic mass is 10.1. The van der Waals surface area contributed by atoms with E-state index in [1.807, 2.05) is 4.68 Å². The Morgan fingerprint density at radius 1 is 0.960 bits per heavy atom. The second-order valence-electron chi connectivity index (χ2n) is 7.00. The van der Waals surface area contributed by atoms with Gasteiger partial charge in [-0.15, -0.1) is 5.10 Å². The number of rotatable bonds is 16. The van der Waals surface area contributed by atoms with E-state index in [4.69, 9.17) is 0 Å². The molecule has 0 bridgehead atoms. The Balaban J connectivity index is 1.98. The number of carbonyl (C=O) groups is 1. The van der Waals surface area contributed by atoms with E-state index >= 15 is 0 Å². The van der Waals surface area contributed by atoms with Gasteiger partial charge in [-0.3, -0.25) is 9.48 Å². The first-order valence-corrected chi connectivity index (χ1v) is 10.4. The monoisotopic (exact) mass is 350 g/mol. The zero-order chi connectivity index (χ0) is 18.2. The van der Waals surface area contributed by atoms with Crippen molar-refractivity contribution in [2.45, 2.75) is 104 Å². The van der Waals surface area contributed by atoms with Gasteiger partial charge in [-0.05, 0) is 32.1 Å². The fraction of sp³-hybridized carbons (Fsp3) is 0.850. The van der Waals surface area contributed by atoms with Gasteiger partial charge in [0, 0.05) is 25.7 Å². The van der Waals surface area contributed by atoms with Gasteiger partial charge in [0.25, 0.3) is 0 Å². The molecule has 0 aliphatic carbocycles. The van der Waals surface area contributed by atoms with Crippen LogP contribution < -0.4 is 5.32 Å². The maximum atomic E-state index is 11.7. The molecule has 5 nitrogen and oxygen atoms in total. The van der Waals surface area contributed by atoms with E-state index < -0.39 is 0 Å². The number of carbonyl (C=O) groups excluding carboxylic acids is 1. The number of aryl methyl sites for hydroxylation is 2. The highest BCUT2D eigenvalue weighted by atomic mass is 16.1. The summed E-state index contributed by atoms with van der Waals surface area (Å²) in [7, 11) is 0. The molecule has 0 aliphatic rings. The Morgan fingerprint density at radius 3 is 2.44 bits per heavy atom. The molecule has 0 spiro atoms. The molecule has 1 N–H and O–H groups in total. The highest BCUT2D eigenvalue weighted by Gasteiger charge is 2.03. The topological polar surface area (TPSA) is 59.8 Å². The summed E-state index contributed by atoms with van der Waals surface area (Å²) in [6, 6.07) is 0. The molecule has 0 atom stereocenters. The maximum Gasteiger partial charge on any atom is 0.219 e. The van der Waals surface area contributed by atoms with Crippen LogP contribution in [-0.4, -0.2) is 27.4 Å². The molecule has 0 saturated carbocycles. The molecule has 1 aromatic rings. The van der Waals surface area contributed by atoms with E-state index in [2.05, 4.69) is 35.7 Å². The third-order valence-electron chi connectivity index (χ3n) is 4.52. The number of unbranched alkanes of at least 4 members (excludes halogenated alkanes) is 8. The lowest BCUT2D eigenvalue weighted by molar-refractivity contribution is -0.121. The number of nitrogens with one attached hydrogen (secondary N) is 1. The van der Waals surface area contributed by atoms with Crippen molar-refractivity contribution >= 4 is 5.91 Å². The Kier molecular flexibility index (Phi) is 12.9. The normalized spacial score (nSPS) is 11.0. The van der Waals surface area contributed by atoms with Gasteiger partial charge in [-0.25, -0.2) is 0 Å². The molecule has 0 aliphatic heterocycles. The number of amides is 1. The van der Waals surface area contributed by atoms with E-state index in [-0.39, 0.29) is 5.91 Å². The molecule has 0 aromatic carbocycles. The number of hydrogen-bond acceptors (Lipinski definition) is 3. The van der Waals surface area contributed by atoms with Crippen LogP contribution in [0.4, 0.5) is 0 Å². The molecule has 1 rings (SSSR count). The van der Waals surface area contributed by atoms with Crippen molar-refractivity contribution in [1.29, 1.82) is 0 Å². The van der Waals surface area contributed by atoms with Gasteiger partial charge in [0.1, 0.15) is 0 Å². The van der Waals surface area contributed by atoms with Crippen molar-refractivity contribution in [2.75, 3.05) is 6.54 Å². The Morgan fingerprint density at radius 2 is 1.68 bits per heavy atom. The summed E-state index contributed by atoms with van der Waals surface area (Å²) in [5, 5.41) is 11.5. The minimum atomic E-state index is 0.201. The lowest BCUT2D eigenvalue weighted by Gasteiger charge is -2.05. The van der Waals surface area contributed by atoms with E-state index in [0.717, 1.165) is 50.9 Å². The summed E-state index contributed by atoms with van der Waals surface area (Å²) in [5.41, 5.74) is 1.11. The Hall–Kier alpha value is -1.39. The highest BCUT2D eigenvalue weighted by Crippen LogP contribution is 2.06. The van der Waals surface area contributed by atoms with Crippen LogP contribution in [0.5, 0.6) is 0 Å². The van der Waals surface area contributed by atoms with Gasteiger partial charge in [0.15, 0.2) is 0 Å². The van der Waals surface area contributed by atoms with Crippen molar-refractivity contribution in [1.82, 2.24) is 20.3 Å². The minimum absolute atomic E-state index is 0.201. The number of aromatic nitrogens is 3. The molecule has 0 saturated heterocycles. The van der Waals surface area contributed by atoms with Crippen LogP contribution >= 0.6 is 0 Å². The third-order valence-corrected chi connectivity index (χ3v) is 4.52. The molecule has 1 heterocycles. The van der Waals surface area contributed by atoms with Crippen molar-refractivity contribution in [3.05, 3.63) is 11.9 Å². The zero-order valence-electron chi connectivity index (χ0n) is 16.4. The first kappa shape index (κ1) is 21.7. The molecule has 0 fully saturated rings. The Bertz CT molecular complexity index is 445. The molecular weight excluding hydrogens is 312 g/mol. The molecule has 25 heavy (non-hydrogen) atoms. The van der Waals surface area contributed by atoms with Crippen LogP contribution in [0.3, 0.4) is 0 Å². The molecule has 0 unspecified atom stereocenters. The van der Waals surface area contributed by atoms with Crippen LogP contribution in [0.25, 0.3) is 0 Å². The molecular formula is C20H38N4O. The van der Waals surface area contributed by atoms with Crippen LogP contribution in [0, 0.1) is 0 Å². The van der Waals surface area contributed by atoms with Gasteiger partial charge >= 0.3 is 0 Å². The first-order chi connectivity index (χ1) is 12.3. The summed E-state index contributed by atoms with van der Waals surface area (Å²) in [4.78, 5) is 11.7. The van der Waals surface area contributed by atoms with Crippen molar-refractivity contribution in [2.24, 2.45) is 0 Å². The number of nitrogens with zero attached hydrogens (tertiary/aromatic N) is 3. The van der Waals surface area contributed by atoms with Crippen molar-refractivity contribution in [3.8, 4) is 0 Å². The van der Waals surface area contributed by atoms with Crippen molar-refractivity contribution < 1.29 is 4.79 Å². The quantitative estimate of drug-likeness (QED) is 0.441. The van der Waals surface area contributed by atoms with Gasteiger partial charge in [-0.1, -0.05) is 64.0 Å². The van der Waals surface area contributed by atoms with Crippen molar-refractivity contribution in [3.63, 3.8) is 0 Å².